The van der Waals surface area contributed by atoms with Crippen LogP contribution in [0.15, 0.2) is 114 Å². The van der Waals surface area contributed by atoms with Gasteiger partial charge in [0.1, 0.15) is 0 Å². The Morgan fingerprint density at radius 3 is 1.53 bits per heavy atom. The molecular formula is C52H72N2O. The van der Waals surface area contributed by atoms with Crippen molar-refractivity contribution in [3.05, 3.63) is 125 Å². The van der Waals surface area contributed by atoms with Crippen LogP contribution in [-0.4, -0.2) is 11.6 Å². The van der Waals surface area contributed by atoms with Gasteiger partial charge >= 0.3 is 0 Å². The van der Waals surface area contributed by atoms with E-state index >= 15 is 0 Å². The highest BCUT2D eigenvalue weighted by Gasteiger charge is 2.18. The van der Waals surface area contributed by atoms with E-state index in [2.05, 4.69) is 116 Å². The summed E-state index contributed by atoms with van der Waals surface area (Å²) in [5, 5.41) is 3.28. The van der Waals surface area contributed by atoms with Gasteiger partial charge in [-0.1, -0.05) is 209 Å². The van der Waals surface area contributed by atoms with E-state index in [4.69, 9.17) is 4.99 Å². The summed E-state index contributed by atoms with van der Waals surface area (Å²) >= 11 is 0. The molecule has 0 bridgehead atoms. The maximum atomic E-state index is 13.6. The Balaban J connectivity index is 1.22. The molecule has 55 heavy (non-hydrogen) atoms. The highest BCUT2D eigenvalue weighted by Crippen LogP contribution is 2.24. The Hall–Kier alpha value is -3.98. The maximum absolute atomic E-state index is 13.6. The molecule has 0 fully saturated rings. The van der Waals surface area contributed by atoms with E-state index in [1.807, 2.05) is 12.1 Å². The number of carbonyl (C=O) groups is 1. The fourth-order valence-corrected chi connectivity index (χ4v) is 7.58. The third-order valence-corrected chi connectivity index (χ3v) is 11.0. The molecule has 0 unspecified atom stereocenters. The number of rotatable bonds is 28. The van der Waals surface area contributed by atoms with Gasteiger partial charge in [-0.2, -0.15) is 0 Å². The lowest BCUT2D eigenvalue weighted by Gasteiger charge is -2.17. The van der Waals surface area contributed by atoms with Crippen LogP contribution in [0.5, 0.6) is 0 Å². The maximum Gasteiger partial charge on any atom is 0.227 e. The van der Waals surface area contributed by atoms with Gasteiger partial charge in [0, 0.05) is 11.6 Å². The van der Waals surface area contributed by atoms with Gasteiger partial charge in [0.15, 0.2) is 0 Å². The van der Waals surface area contributed by atoms with Crippen molar-refractivity contribution in [3.63, 3.8) is 0 Å². The van der Waals surface area contributed by atoms with E-state index in [9.17, 15) is 4.79 Å². The lowest BCUT2D eigenvalue weighted by atomic mass is 9.93. The van der Waals surface area contributed by atoms with Crippen LogP contribution < -0.4 is 5.32 Å². The molecule has 1 aliphatic carbocycles. The first kappa shape index (κ1) is 43.7. The normalized spacial score (nSPS) is 12.4. The van der Waals surface area contributed by atoms with Crippen LogP contribution in [-0.2, 0) is 11.2 Å². The van der Waals surface area contributed by atoms with Gasteiger partial charge in [0.2, 0.25) is 5.91 Å². The number of nitrogens with zero attached hydrogens (tertiary/aromatic N) is 1. The van der Waals surface area contributed by atoms with Gasteiger partial charge in [-0.25, -0.2) is 4.99 Å². The monoisotopic (exact) mass is 741 g/mol. The van der Waals surface area contributed by atoms with Crippen LogP contribution in [0.1, 0.15) is 172 Å². The molecule has 3 aromatic rings. The van der Waals surface area contributed by atoms with Crippen LogP contribution in [0.2, 0.25) is 0 Å². The molecular weight excluding hydrogens is 669 g/mol. The largest absolute Gasteiger partial charge is 0.326 e. The number of allylic oxidation sites excluding steroid dienone is 5. The Labute approximate surface area is 335 Å². The molecule has 1 N–H and O–H groups in total. The van der Waals surface area contributed by atoms with Gasteiger partial charge < -0.3 is 5.32 Å². The summed E-state index contributed by atoms with van der Waals surface area (Å²) in [4.78, 5) is 18.4. The zero-order valence-electron chi connectivity index (χ0n) is 34.6. The average Bonchev–Trinajstić information content (AvgIpc) is 3.21. The van der Waals surface area contributed by atoms with Crippen molar-refractivity contribution in [3.8, 4) is 0 Å². The Morgan fingerprint density at radius 2 is 1.02 bits per heavy atom. The van der Waals surface area contributed by atoms with Crippen molar-refractivity contribution < 1.29 is 4.79 Å². The third kappa shape index (κ3) is 18.9. The predicted molar refractivity (Wildman–Crippen MR) is 241 cm³/mol. The Bertz CT molecular complexity index is 1540. The van der Waals surface area contributed by atoms with E-state index < -0.39 is 0 Å². The van der Waals surface area contributed by atoms with E-state index in [1.54, 1.807) is 0 Å². The number of amides is 1. The number of unbranched alkanes of at least 4 members (excludes halogenated alkanes) is 18. The molecule has 0 saturated carbocycles. The van der Waals surface area contributed by atoms with Crippen molar-refractivity contribution in [2.45, 2.75) is 162 Å². The lowest BCUT2D eigenvalue weighted by molar-refractivity contribution is -0.120. The summed E-state index contributed by atoms with van der Waals surface area (Å²) in [7, 11) is 0. The molecule has 0 spiro atoms. The molecule has 1 aliphatic rings. The van der Waals surface area contributed by atoms with Crippen molar-refractivity contribution in [2.75, 3.05) is 5.32 Å². The molecule has 0 heterocycles. The number of anilines is 1. The van der Waals surface area contributed by atoms with E-state index in [0.717, 1.165) is 60.3 Å². The lowest BCUT2D eigenvalue weighted by Crippen LogP contribution is -2.23. The van der Waals surface area contributed by atoms with Gasteiger partial charge in [-0.3, -0.25) is 4.79 Å². The van der Waals surface area contributed by atoms with Gasteiger partial charge in [-0.05, 0) is 84.0 Å². The van der Waals surface area contributed by atoms with Crippen molar-refractivity contribution in [1.29, 1.82) is 0 Å². The van der Waals surface area contributed by atoms with Crippen LogP contribution in [0, 0.1) is 5.92 Å². The average molecular weight is 741 g/mol. The molecule has 0 aromatic heterocycles. The second-order valence-electron chi connectivity index (χ2n) is 15.9. The summed E-state index contributed by atoms with van der Waals surface area (Å²) in [6.45, 7) is 4.57. The summed E-state index contributed by atoms with van der Waals surface area (Å²) in [6.07, 6.45) is 40.1. The summed E-state index contributed by atoms with van der Waals surface area (Å²) in [5.41, 5.74) is 7.63. The molecule has 3 heteroatoms. The molecule has 0 atom stereocenters. The molecule has 4 rings (SSSR count). The minimum absolute atomic E-state index is 0.102. The molecule has 1 amide bonds. The van der Waals surface area contributed by atoms with Gasteiger partial charge in [-0.15, -0.1) is 0 Å². The second kappa shape index (κ2) is 27.6. The van der Waals surface area contributed by atoms with Gasteiger partial charge in [0.05, 0.1) is 11.4 Å². The first-order valence-corrected chi connectivity index (χ1v) is 22.3. The number of hydrogen-bond acceptors (Lipinski definition) is 2. The fourth-order valence-electron chi connectivity index (χ4n) is 7.58. The molecule has 3 aromatic carbocycles. The highest BCUT2D eigenvalue weighted by atomic mass is 16.1. The molecule has 0 radical (unpaired) electrons. The highest BCUT2D eigenvalue weighted by molar-refractivity contribution is 6.07. The Kier molecular flexibility index (Phi) is 21.9. The number of nitrogens with one attached hydrogen (secondary N) is 1. The predicted octanol–water partition coefficient (Wildman–Crippen LogP) is 15.7. The van der Waals surface area contributed by atoms with Crippen molar-refractivity contribution in [2.24, 2.45) is 10.9 Å². The second-order valence-corrected chi connectivity index (χ2v) is 15.9. The number of carbonyl (C=O) groups excluding carboxylic acids is 1. The summed E-state index contributed by atoms with van der Waals surface area (Å²) in [6, 6.07) is 27.4. The first-order valence-electron chi connectivity index (χ1n) is 22.3. The zero-order valence-corrected chi connectivity index (χ0v) is 34.6. The molecule has 296 valence electrons. The van der Waals surface area contributed by atoms with E-state index in [0.29, 0.717) is 0 Å². The summed E-state index contributed by atoms with van der Waals surface area (Å²) < 4.78 is 0. The van der Waals surface area contributed by atoms with Crippen LogP contribution in [0.4, 0.5) is 11.4 Å². The molecule has 0 saturated heterocycles. The quantitative estimate of drug-likeness (QED) is 0.0740. The number of hydrogen-bond donors (Lipinski definition) is 1. The van der Waals surface area contributed by atoms with E-state index in [1.165, 1.54) is 127 Å². The minimum atomic E-state index is 0.102. The van der Waals surface area contributed by atoms with Gasteiger partial charge in [0.25, 0.3) is 0 Å². The first-order chi connectivity index (χ1) is 27.1. The van der Waals surface area contributed by atoms with Crippen molar-refractivity contribution in [1.82, 2.24) is 0 Å². The third-order valence-electron chi connectivity index (χ3n) is 11.0. The molecule has 0 aliphatic heterocycles. The van der Waals surface area contributed by atoms with Crippen LogP contribution >= 0.6 is 0 Å². The smallest absolute Gasteiger partial charge is 0.227 e. The van der Waals surface area contributed by atoms with Crippen LogP contribution in [0.25, 0.3) is 6.08 Å². The summed E-state index contributed by atoms with van der Waals surface area (Å²) in [5.74, 6) is 0.305. The standard InChI is InChI=1S/C52H72N2O/c1-3-5-7-9-11-13-15-17-19-24-28-48(29-25-20-18-16-14-12-10-8-6-4-2)52(55)54-51-40-34-47(35-41-51)43-46-32-38-50(39-33-46)53-49-36-30-45(31-37-49)42-44-26-22-21-23-27-44/h21-23,26-27,30-41,43,48H,3-20,24-25,28-29,42H2,1-2H3,(H,54,55). The minimum Gasteiger partial charge on any atom is -0.326 e. The zero-order chi connectivity index (χ0) is 38.6. The number of benzene rings is 3. The van der Waals surface area contributed by atoms with Crippen LogP contribution in [0.3, 0.4) is 0 Å². The fraction of sp³-hybridized carbons (Fsp3) is 0.500. The topological polar surface area (TPSA) is 41.5 Å². The molecule has 3 nitrogen and oxygen atoms in total. The van der Waals surface area contributed by atoms with Crippen molar-refractivity contribution >= 4 is 29.1 Å². The van der Waals surface area contributed by atoms with E-state index in [-0.39, 0.29) is 11.8 Å². The Morgan fingerprint density at radius 1 is 0.545 bits per heavy atom. The number of aliphatic imine (C=N–C) groups is 1. The SMILES string of the molecule is CCCCCCCCCCCCC(CCCCCCCCCCCC)C(=O)Nc1ccc(C=C2C=CC(=Nc3ccc(Cc4ccccc4)cc3)C=C2)cc1.